The van der Waals surface area contributed by atoms with Crippen LogP contribution in [0.25, 0.3) is 10.9 Å². The van der Waals surface area contributed by atoms with Crippen LogP contribution in [0, 0.1) is 0 Å². The van der Waals surface area contributed by atoms with E-state index in [0.29, 0.717) is 0 Å². The summed E-state index contributed by atoms with van der Waals surface area (Å²) in [6.07, 6.45) is 1.02. The second-order valence-electron chi connectivity index (χ2n) is 4.90. The molecule has 2 aromatic rings. The molecule has 2 heterocycles. The molecule has 1 aromatic carbocycles. The predicted octanol–water partition coefficient (Wildman–Crippen LogP) is 3.39. The molecule has 0 bridgehead atoms. The number of halogens is 2. The normalized spacial score (nSPS) is 15.2. The van der Waals surface area contributed by atoms with Crippen molar-refractivity contribution in [2.24, 2.45) is 0 Å². The van der Waals surface area contributed by atoms with Crippen LogP contribution in [0.3, 0.4) is 0 Å². The largest absolute Gasteiger partial charge is 0.354 e. The van der Waals surface area contributed by atoms with Crippen molar-refractivity contribution in [1.29, 1.82) is 0 Å². The third-order valence-electron chi connectivity index (χ3n) is 3.63. The zero-order valence-corrected chi connectivity index (χ0v) is 13.9. The smallest absolute Gasteiger partial charge is 0.132 e. The summed E-state index contributed by atoms with van der Waals surface area (Å²) < 4.78 is 1.11. The maximum absolute atomic E-state index is 4.89. The Hall–Kier alpha value is -0.840. The molecular formula is C15H19BrClN3. The van der Waals surface area contributed by atoms with E-state index in [4.69, 9.17) is 4.98 Å². The van der Waals surface area contributed by atoms with Crippen LogP contribution in [0.4, 0.5) is 5.82 Å². The van der Waals surface area contributed by atoms with Gasteiger partial charge in [-0.1, -0.05) is 22.9 Å². The molecular weight excluding hydrogens is 338 g/mol. The van der Waals surface area contributed by atoms with Crippen LogP contribution in [0.5, 0.6) is 0 Å². The van der Waals surface area contributed by atoms with E-state index in [9.17, 15) is 0 Å². The SMILES string of the molecule is CCc1cc2cc(Br)ccc2nc1N1CCNCC1.Cl. The molecule has 1 aliphatic heterocycles. The molecule has 0 aliphatic carbocycles. The molecule has 0 unspecified atom stereocenters. The molecule has 1 aromatic heterocycles. The monoisotopic (exact) mass is 355 g/mol. The minimum absolute atomic E-state index is 0. The fraction of sp³-hybridized carbons (Fsp3) is 0.400. The highest BCUT2D eigenvalue weighted by atomic mass is 79.9. The number of aromatic nitrogens is 1. The van der Waals surface area contributed by atoms with Gasteiger partial charge in [-0.25, -0.2) is 4.98 Å². The number of hydrogen-bond acceptors (Lipinski definition) is 3. The number of rotatable bonds is 2. The first-order chi connectivity index (χ1) is 9.28. The lowest BCUT2D eigenvalue weighted by atomic mass is 10.1. The number of aryl methyl sites for hydroxylation is 1. The summed E-state index contributed by atoms with van der Waals surface area (Å²) in [5.41, 5.74) is 2.42. The molecule has 108 valence electrons. The molecule has 1 saturated heterocycles. The van der Waals surface area contributed by atoms with Crippen LogP contribution in [-0.4, -0.2) is 31.2 Å². The predicted molar refractivity (Wildman–Crippen MR) is 91.2 cm³/mol. The molecule has 0 radical (unpaired) electrons. The van der Waals surface area contributed by atoms with Crippen LogP contribution >= 0.6 is 28.3 Å². The molecule has 1 fully saturated rings. The molecule has 5 heteroatoms. The molecule has 0 spiro atoms. The van der Waals surface area contributed by atoms with Crippen molar-refractivity contribution in [3.63, 3.8) is 0 Å². The number of piperazine rings is 1. The number of fused-ring (bicyclic) bond motifs is 1. The van der Waals surface area contributed by atoms with Crippen LogP contribution < -0.4 is 10.2 Å². The van der Waals surface area contributed by atoms with Gasteiger partial charge in [0.15, 0.2) is 0 Å². The van der Waals surface area contributed by atoms with Gasteiger partial charge in [0.05, 0.1) is 5.52 Å². The fourth-order valence-corrected chi connectivity index (χ4v) is 2.97. The highest BCUT2D eigenvalue weighted by Crippen LogP contribution is 2.26. The molecule has 1 N–H and O–H groups in total. The number of nitrogens with zero attached hydrogens (tertiary/aromatic N) is 2. The van der Waals surface area contributed by atoms with Crippen molar-refractivity contribution < 1.29 is 0 Å². The Bertz CT molecular complexity index is 597. The van der Waals surface area contributed by atoms with Gasteiger partial charge >= 0.3 is 0 Å². The Morgan fingerprint density at radius 1 is 1.25 bits per heavy atom. The first-order valence-electron chi connectivity index (χ1n) is 6.83. The number of hydrogen-bond donors (Lipinski definition) is 1. The lowest BCUT2D eigenvalue weighted by Crippen LogP contribution is -2.44. The Morgan fingerprint density at radius 2 is 2.00 bits per heavy atom. The van der Waals surface area contributed by atoms with E-state index >= 15 is 0 Å². The summed E-state index contributed by atoms with van der Waals surface area (Å²) in [6.45, 7) is 6.38. The van der Waals surface area contributed by atoms with Gasteiger partial charge in [0, 0.05) is 36.0 Å². The Balaban J connectivity index is 0.00000147. The van der Waals surface area contributed by atoms with E-state index < -0.39 is 0 Å². The third-order valence-corrected chi connectivity index (χ3v) is 4.12. The van der Waals surface area contributed by atoms with E-state index in [1.807, 2.05) is 0 Å². The number of benzene rings is 1. The van der Waals surface area contributed by atoms with Gasteiger partial charge in [0.25, 0.3) is 0 Å². The van der Waals surface area contributed by atoms with E-state index in [-0.39, 0.29) is 12.4 Å². The first-order valence-corrected chi connectivity index (χ1v) is 7.62. The average Bonchev–Trinajstić information content (AvgIpc) is 2.46. The second-order valence-corrected chi connectivity index (χ2v) is 5.81. The molecule has 3 rings (SSSR count). The van der Waals surface area contributed by atoms with Gasteiger partial charge in [-0.15, -0.1) is 12.4 Å². The lowest BCUT2D eigenvalue weighted by molar-refractivity contribution is 0.584. The van der Waals surface area contributed by atoms with Gasteiger partial charge in [-0.2, -0.15) is 0 Å². The van der Waals surface area contributed by atoms with Crippen molar-refractivity contribution in [2.45, 2.75) is 13.3 Å². The Morgan fingerprint density at radius 3 is 2.70 bits per heavy atom. The van der Waals surface area contributed by atoms with Gasteiger partial charge in [0.2, 0.25) is 0 Å². The van der Waals surface area contributed by atoms with Gasteiger partial charge in [-0.3, -0.25) is 0 Å². The van der Waals surface area contributed by atoms with Gasteiger partial charge < -0.3 is 10.2 Å². The van der Waals surface area contributed by atoms with Gasteiger partial charge in [-0.05, 0) is 36.2 Å². The number of nitrogens with one attached hydrogen (secondary N) is 1. The number of pyridine rings is 1. The Labute approximate surface area is 134 Å². The van der Waals surface area contributed by atoms with E-state index in [0.717, 1.165) is 42.6 Å². The topological polar surface area (TPSA) is 28.2 Å². The first kappa shape index (κ1) is 15.5. The molecule has 20 heavy (non-hydrogen) atoms. The van der Waals surface area contributed by atoms with Crippen molar-refractivity contribution in [2.75, 3.05) is 31.1 Å². The molecule has 3 nitrogen and oxygen atoms in total. The third kappa shape index (κ3) is 3.08. The van der Waals surface area contributed by atoms with Crippen LogP contribution in [0.15, 0.2) is 28.7 Å². The summed E-state index contributed by atoms with van der Waals surface area (Å²) in [6, 6.07) is 8.57. The standard InChI is InChI=1S/C15H18BrN3.ClH/c1-2-11-9-12-10-13(16)3-4-14(12)18-15(11)19-7-5-17-6-8-19;/h3-4,9-10,17H,2,5-8H2,1H3;1H. The van der Waals surface area contributed by atoms with Crippen molar-refractivity contribution in [3.8, 4) is 0 Å². The van der Waals surface area contributed by atoms with Gasteiger partial charge in [0.1, 0.15) is 5.82 Å². The molecule has 0 amide bonds. The summed E-state index contributed by atoms with van der Waals surface area (Å²) in [4.78, 5) is 7.29. The average molecular weight is 357 g/mol. The quantitative estimate of drug-likeness (QED) is 0.894. The van der Waals surface area contributed by atoms with Crippen molar-refractivity contribution in [1.82, 2.24) is 10.3 Å². The summed E-state index contributed by atoms with van der Waals surface area (Å²) in [5, 5.41) is 4.60. The molecule has 1 aliphatic rings. The maximum atomic E-state index is 4.89. The molecule has 0 saturated carbocycles. The summed E-state index contributed by atoms with van der Waals surface area (Å²) in [7, 11) is 0. The van der Waals surface area contributed by atoms with Crippen LogP contribution in [0.1, 0.15) is 12.5 Å². The Kier molecular flexibility index (Phi) is 5.24. The molecule has 0 atom stereocenters. The number of anilines is 1. The van der Waals surface area contributed by atoms with E-state index in [1.165, 1.54) is 16.8 Å². The summed E-state index contributed by atoms with van der Waals surface area (Å²) >= 11 is 3.53. The minimum Gasteiger partial charge on any atom is -0.354 e. The van der Waals surface area contributed by atoms with Crippen LogP contribution in [0.2, 0.25) is 0 Å². The van der Waals surface area contributed by atoms with E-state index in [2.05, 4.69) is 57.3 Å². The zero-order valence-electron chi connectivity index (χ0n) is 11.5. The highest BCUT2D eigenvalue weighted by Gasteiger charge is 2.15. The fourth-order valence-electron chi connectivity index (χ4n) is 2.59. The lowest BCUT2D eigenvalue weighted by Gasteiger charge is -2.30. The summed E-state index contributed by atoms with van der Waals surface area (Å²) in [5.74, 6) is 1.17. The van der Waals surface area contributed by atoms with Crippen LogP contribution in [-0.2, 0) is 6.42 Å². The minimum atomic E-state index is 0. The van der Waals surface area contributed by atoms with E-state index in [1.54, 1.807) is 0 Å². The maximum Gasteiger partial charge on any atom is 0.132 e. The zero-order chi connectivity index (χ0) is 13.2. The highest BCUT2D eigenvalue weighted by molar-refractivity contribution is 9.10. The van der Waals surface area contributed by atoms with Crippen molar-refractivity contribution >= 4 is 45.1 Å². The van der Waals surface area contributed by atoms with Crippen molar-refractivity contribution in [3.05, 3.63) is 34.3 Å². The second kappa shape index (κ2) is 6.74.